The Hall–Kier alpha value is -1.98. The topological polar surface area (TPSA) is 40.6 Å². The Kier molecular flexibility index (Phi) is 6.36. The molecule has 25 heavy (non-hydrogen) atoms. The highest BCUT2D eigenvalue weighted by atomic mass is 32.1. The number of rotatable bonds is 6. The van der Waals surface area contributed by atoms with Gasteiger partial charge in [0.1, 0.15) is 0 Å². The summed E-state index contributed by atoms with van der Waals surface area (Å²) in [7, 11) is 0. The van der Waals surface area contributed by atoms with E-state index in [2.05, 4.69) is 22.4 Å². The van der Waals surface area contributed by atoms with Crippen LogP contribution in [0.4, 0.5) is 0 Å². The van der Waals surface area contributed by atoms with Crippen molar-refractivity contribution < 1.29 is 9.59 Å². The van der Waals surface area contributed by atoms with Crippen LogP contribution in [-0.4, -0.2) is 47.7 Å². The summed E-state index contributed by atoms with van der Waals surface area (Å²) in [5.41, 5.74) is 0.688. The van der Waals surface area contributed by atoms with Gasteiger partial charge in [-0.3, -0.25) is 14.5 Å². The first-order chi connectivity index (χ1) is 12.2. The minimum Gasteiger partial charge on any atom is -0.341 e. The highest BCUT2D eigenvalue weighted by Crippen LogP contribution is 2.14. The van der Waals surface area contributed by atoms with Crippen LogP contribution in [0.1, 0.15) is 34.5 Å². The fourth-order valence-electron chi connectivity index (χ4n) is 3.15. The zero-order valence-corrected chi connectivity index (χ0v) is 15.2. The van der Waals surface area contributed by atoms with Crippen molar-refractivity contribution in [1.29, 1.82) is 0 Å². The maximum absolute atomic E-state index is 12.5. The van der Waals surface area contributed by atoms with Gasteiger partial charge in [0.25, 0.3) is 0 Å². The van der Waals surface area contributed by atoms with Crippen molar-refractivity contribution in [2.45, 2.75) is 25.8 Å². The van der Waals surface area contributed by atoms with Crippen LogP contribution in [0.5, 0.6) is 0 Å². The van der Waals surface area contributed by atoms with Gasteiger partial charge in [0.2, 0.25) is 5.91 Å². The second-order valence-corrected chi connectivity index (χ2v) is 7.41. The molecule has 0 atom stereocenters. The zero-order chi connectivity index (χ0) is 17.5. The van der Waals surface area contributed by atoms with E-state index in [4.69, 9.17) is 0 Å². The van der Waals surface area contributed by atoms with Crippen LogP contribution in [0.15, 0.2) is 47.8 Å². The van der Waals surface area contributed by atoms with Crippen molar-refractivity contribution in [1.82, 2.24) is 9.80 Å². The van der Waals surface area contributed by atoms with Crippen LogP contribution in [0.3, 0.4) is 0 Å². The number of nitrogens with zero attached hydrogens (tertiary/aromatic N) is 2. The monoisotopic (exact) mass is 356 g/mol. The smallest absolute Gasteiger partial charge is 0.223 e. The highest BCUT2D eigenvalue weighted by molar-refractivity contribution is 7.09. The summed E-state index contributed by atoms with van der Waals surface area (Å²) in [4.78, 5) is 30.3. The third-order valence-electron chi connectivity index (χ3n) is 4.56. The van der Waals surface area contributed by atoms with Crippen molar-refractivity contribution in [3.8, 4) is 0 Å². The molecule has 0 unspecified atom stereocenters. The van der Waals surface area contributed by atoms with E-state index in [1.54, 1.807) is 23.5 Å². The van der Waals surface area contributed by atoms with Gasteiger partial charge in [-0.15, -0.1) is 11.3 Å². The molecule has 0 bridgehead atoms. The molecule has 2 aromatic rings. The normalized spacial score (nSPS) is 15.8. The number of hydrogen-bond acceptors (Lipinski definition) is 4. The van der Waals surface area contributed by atoms with E-state index < -0.39 is 0 Å². The Morgan fingerprint density at radius 2 is 1.76 bits per heavy atom. The molecule has 1 saturated heterocycles. The molecule has 2 heterocycles. The fraction of sp³-hybridized carbons (Fsp3) is 0.400. The predicted octanol–water partition coefficient (Wildman–Crippen LogP) is 3.45. The molecule has 5 heteroatoms. The van der Waals surface area contributed by atoms with Gasteiger partial charge in [-0.05, 0) is 17.9 Å². The van der Waals surface area contributed by atoms with E-state index in [9.17, 15) is 9.59 Å². The number of hydrogen-bond donors (Lipinski definition) is 0. The summed E-state index contributed by atoms with van der Waals surface area (Å²) in [5.74, 6) is 0.144. The molecule has 4 nitrogen and oxygen atoms in total. The molecule has 0 spiro atoms. The lowest BCUT2D eigenvalue weighted by Crippen LogP contribution is -2.35. The minimum absolute atomic E-state index is 0.0445. The predicted molar refractivity (Wildman–Crippen MR) is 101 cm³/mol. The average Bonchev–Trinajstić information content (AvgIpc) is 3.04. The Balaban J connectivity index is 1.45. The molecule has 132 valence electrons. The lowest BCUT2D eigenvalue weighted by Gasteiger charge is -2.21. The van der Waals surface area contributed by atoms with Gasteiger partial charge in [-0.25, -0.2) is 0 Å². The third kappa shape index (κ3) is 5.25. The molecule has 1 fully saturated rings. The van der Waals surface area contributed by atoms with Crippen LogP contribution < -0.4 is 0 Å². The van der Waals surface area contributed by atoms with Crippen molar-refractivity contribution in [3.63, 3.8) is 0 Å². The van der Waals surface area contributed by atoms with Crippen LogP contribution in [0, 0.1) is 0 Å². The highest BCUT2D eigenvalue weighted by Gasteiger charge is 2.20. The second kappa shape index (κ2) is 8.92. The first kappa shape index (κ1) is 17.8. The number of carbonyl (C=O) groups is 2. The Morgan fingerprint density at radius 3 is 2.52 bits per heavy atom. The summed E-state index contributed by atoms with van der Waals surface area (Å²) in [6.07, 6.45) is 1.58. The quantitative estimate of drug-likeness (QED) is 0.745. The summed E-state index contributed by atoms with van der Waals surface area (Å²) in [6.45, 7) is 4.43. The Bertz CT molecular complexity index is 685. The molecular formula is C20H24N2O2S. The number of thiophene rings is 1. The van der Waals surface area contributed by atoms with E-state index in [1.807, 2.05) is 23.1 Å². The SMILES string of the molecule is O=C(CCC(=O)N1CCCN(Cc2cccs2)CC1)c1ccccc1. The fourth-order valence-corrected chi connectivity index (χ4v) is 3.89. The van der Waals surface area contributed by atoms with Gasteiger partial charge in [0.15, 0.2) is 5.78 Å². The van der Waals surface area contributed by atoms with Crippen molar-refractivity contribution in [2.24, 2.45) is 0 Å². The maximum Gasteiger partial charge on any atom is 0.223 e. The first-order valence-electron chi connectivity index (χ1n) is 8.83. The summed E-state index contributed by atoms with van der Waals surface area (Å²) >= 11 is 1.78. The second-order valence-electron chi connectivity index (χ2n) is 6.38. The summed E-state index contributed by atoms with van der Waals surface area (Å²) < 4.78 is 0. The maximum atomic E-state index is 12.5. The van der Waals surface area contributed by atoms with Crippen LogP contribution >= 0.6 is 11.3 Å². The number of amides is 1. The van der Waals surface area contributed by atoms with Crippen molar-refractivity contribution in [3.05, 3.63) is 58.3 Å². The van der Waals surface area contributed by atoms with Gasteiger partial charge in [-0.1, -0.05) is 36.4 Å². The molecule has 1 aliphatic heterocycles. The minimum atomic E-state index is 0.0445. The van der Waals surface area contributed by atoms with E-state index >= 15 is 0 Å². The average molecular weight is 356 g/mol. The van der Waals surface area contributed by atoms with E-state index in [-0.39, 0.29) is 18.1 Å². The summed E-state index contributed by atoms with van der Waals surface area (Å²) in [5, 5.41) is 2.10. The standard InChI is InChI=1S/C20H24N2O2S/c23-19(17-6-2-1-3-7-17)9-10-20(24)22-12-5-11-21(13-14-22)16-18-8-4-15-25-18/h1-4,6-8,15H,5,9-14,16H2. The molecule has 1 aromatic heterocycles. The molecule has 0 aliphatic carbocycles. The van der Waals surface area contributed by atoms with Gasteiger partial charge >= 0.3 is 0 Å². The van der Waals surface area contributed by atoms with E-state index in [0.717, 1.165) is 39.1 Å². The van der Waals surface area contributed by atoms with Gasteiger partial charge < -0.3 is 4.90 Å². The molecule has 1 aliphatic rings. The van der Waals surface area contributed by atoms with Gasteiger partial charge in [0, 0.05) is 56.0 Å². The molecule has 0 saturated carbocycles. The van der Waals surface area contributed by atoms with Crippen LogP contribution in [0.25, 0.3) is 0 Å². The Labute approximate surface area is 153 Å². The zero-order valence-electron chi connectivity index (χ0n) is 14.4. The van der Waals surface area contributed by atoms with Crippen LogP contribution in [0.2, 0.25) is 0 Å². The molecular weight excluding hydrogens is 332 g/mol. The number of benzene rings is 1. The number of Topliss-reactive ketones (excluding diaryl/α,β-unsaturated/α-hetero) is 1. The van der Waals surface area contributed by atoms with Gasteiger partial charge in [-0.2, -0.15) is 0 Å². The summed E-state index contributed by atoms with van der Waals surface area (Å²) in [6, 6.07) is 13.5. The largest absolute Gasteiger partial charge is 0.341 e. The molecule has 1 amide bonds. The van der Waals surface area contributed by atoms with Crippen molar-refractivity contribution >= 4 is 23.0 Å². The number of ketones is 1. The van der Waals surface area contributed by atoms with E-state index in [1.165, 1.54) is 4.88 Å². The van der Waals surface area contributed by atoms with Crippen molar-refractivity contribution in [2.75, 3.05) is 26.2 Å². The molecule has 0 N–H and O–H groups in total. The van der Waals surface area contributed by atoms with Gasteiger partial charge in [0.05, 0.1) is 0 Å². The third-order valence-corrected chi connectivity index (χ3v) is 5.42. The lowest BCUT2D eigenvalue weighted by atomic mass is 10.1. The lowest BCUT2D eigenvalue weighted by molar-refractivity contribution is -0.131. The molecule has 1 aromatic carbocycles. The first-order valence-corrected chi connectivity index (χ1v) is 9.71. The number of carbonyl (C=O) groups excluding carboxylic acids is 2. The molecule has 0 radical (unpaired) electrons. The molecule has 3 rings (SSSR count). The van der Waals surface area contributed by atoms with E-state index in [0.29, 0.717) is 12.0 Å². The van der Waals surface area contributed by atoms with Crippen LogP contribution in [-0.2, 0) is 11.3 Å². The Morgan fingerprint density at radius 1 is 0.920 bits per heavy atom.